The second kappa shape index (κ2) is 6.34. The molecular weight excluding hydrogens is 278 g/mol. The Bertz CT molecular complexity index is 654. The summed E-state index contributed by atoms with van der Waals surface area (Å²) in [7, 11) is 0. The van der Waals surface area contributed by atoms with E-state index in [0.29, 0.717) is 6.07 Å². The fraction of sp³-hybridized carbons (Fsp3) is 0.286. The SMILES string of the molecule is CCCn1ccnc1CNc1cc(C(N)=O)c(F)cc1F. The van der Waals surface area contributed by atoms with Gasteiger partial charge in [0.15, 0.2) is 0 Å². The highest BCUT2D eigenvalue weighted by Crippen LogP contribution is 2.20. The molecule has 0 saturated carbocycles. The number of aryl methyl sites for hydroxylation is 1. The molecule has 7 heteroatoms. The number of rotatable bonds is 6. The molecule has 0 aliphatic carbocycles. The number of halogens is 2. The zero-order chi connectivity index (χ0) is 15.4. The lowest BCUT2D eigenvalue weighted by Gasteiger charge is -2.11. The number of amides is 1. The third-order valence-corrected chi connectivity index (χ3v) is 3.03. The van der Waals surface area contributed by atoms with Crippen LogP contribution in [0.25, 0.3) is 0 Å². The molecule has 0 aliphatic heterocycles. The van der Waals surface area contributed by atoms with Crippen LogP contribution >= 0.6 is 0 Å². The number of nitrogens with one attached hydrogen (secondary N) is 1. The van der Waals surface area contributed by atoms with Gasteiger partial charge in [-0.2, -0.15) is 0 Å². The Morgan fingerprint density at radius 2 is 2.14 bits per heavy atom. The van der Waals surface area contributed by atoms with Crippen molar-refractivity contribution >= 4 is 11.6 Å². The molecule has 0 fully saturated rings. The van der Waals surface area contributed by atoms with E-state index in [1.165, 1.54) is 0 Å². The Balaban J connectivity index is 2.18. The molecule has 1 amide bonds. The molecule has 0 unspecified atom stereocenters. The Morgan fingerprint density at radius 3 is 2.81 bits per heavy atom. The summed E-state index contributed by atoms with van der Waals surface area (Å²) in [6.07, 6.45) is 4.43. The first-order valence-corrected chi connectivity index (χ1v) is 6.55. The van der Waals surface area contributed by atoms with Crippen LogP contribution in [0, 0.1) is 11.6 Å². The zero-order valence-corrected chi connectivity index (χ0v) is 11.6. The fourth-order valence-electron chi connectivity index (χ4n) is 2.00. The van der Waals surface area contributed by atoms with Crippen LogP contribution in [0.5, 0.6) is 0 Å². The molecule has 112 valence electrons. The van der Waals surface area contributed by atoms with Crippen LogP contribution in [-0.4, -0.2) is 15.5 Å². The van der Waals surface area contributed by atoms with Crippen molar-refractivity contribution in [2.24, 2.45) is 5.73 Å². The highest BCUT2D eigenvalue weighted by Gasteiger charge is 2.14. The summed E-state index contributed by atoms with van der Waals surface area (Å²) in [5.41, 5.74) is 4.70. The lowest BCUT2D eigenvalue weighted by molar-refractivity contribution is 0.0996. The van der Waals surface area contributed by atoms with Crippen molar-refractivity contribution in [3.63, 3.8) is 0 Å². The molecule has 21 heavy (non-hydrogen) atoms. The van der Waals surface area contributed by atoms with E-state index in [1.54, 1.807) is 6.20 Å². The van der Waals surface area contributed by atoms with Crippen LogP contribution in [0.4, 0.5) is 14.5 Å². The number of imidazole rings is 1. The number of hydrogen-bond acceptors (Lipinski definition) is 3. The van der Waals surface area contributed by atoms with E-state index >= 15 is 0 Å². The van der Waals surface area contributed by atoms with Crippen LogP contribution < -0.4 is 11.1 Å². The number of anilines is 1. The first-order valence-electron chi connectivity index (χ1n) is 6.55. The van der Waals surface area contributed by atoms with Gasteiger partial charge in [0.25, 0.3) is 5.91 Å². The molecule has 3 N–H and O–H groups in total. The Morgan fingerprint density at radius 1 is 1.38 bits per heavy atom. The lowest BCUT2D eigenvalue weighted by atomic mass is 10.1. The van der Waals surface area contributed by atoms with Crippen LogP contribution in [-0.2, 0) is 13.1 Å². The van der Waals surface area contributed by atoms with Gasteiger partial charge in [-0.05, 0) is 12.5 Å². The van der Waals surface area contributed by atoms with Gasteiger partial charge in [-0.1, -0.05) is 6.92 Å². The van der Waals surface area contributed by atoms with Crippen molar-refractivity contribution in [2.45, 2.75) is 26.4 Å². The standard InChI is InChI=1S/C14H16F2N4O/c1-2-4-20-5-3-18-13(20)8-19-12-6-9(14(17)21)10(15)7-11(12)16/h3,5-7,19H,2,4,8H2,1H3,(H2,17,21). The molecule has 0 aliphatic rings. The lowest BCUT2D eigenvalue weighted by Crippen LogP contribution is -2.15. The van der Waals surface area contributed by atoms with Crippen LogP contribution in [0.2, 0.25) is 0 Å². The molecule has 1 aromatic heterocycles. The van der Waals surface area contributed by atoms with Crippen molar-refractivity contribution in [1.82, 2.24) is 9.55 Å². The van der Waals surface area contributed by atoms with Crippen molar-refractivity contribution in [3.05, 3.63) is 47.5 Å². The third-order valence-electron chi connectivity index (χ3n) is 3.03. The topological polar surface area (TPSA) is 72.9 Å². The molecule has 0 atom stereocenters. The minimum absolute atomic E-state index is 0.0104. The number of benzene rings is 1. The normalized spacial score (nSPS) is 10.6. The smallest absolute Gasteiger partial charge is 0.251 e. The zero-order valence-electron chi connectivity index (χ0n) is 11.6. The maximum Gasteiger partial charge on any atom is 0.251 e. The minimum Gasteiger partial charge on any atom is -0.375 e. The summed E-state index contributed by atoms with van der Waals surface area (Å²) in [6.45, 7) is 3.10. The predicted molar refractivity (Wildman–Crippen MR) is 74.7 cm³/mol. The van der Waals surface area contributed by atoms with Gasteiger partial charge in [-0.25, -0.2) is 13.8 Å². The van der Waals surface area contributed by atoms with Crippen molar-refractivity contribution in [2.75, 3.05) is 5.32 Å². The number of nitrogens with two attached hydrogens (primary N) is 1. The third kappa shape index (κ3) is 3.36. The van der Waals surface area contributed by atoms with Gasteiger partial charge in [0.05, 0.1) is 17.8 Å². The average molecular weight is 294 g/mol. The summed E-state index contributed by atoms with van der Waals surface area (Å²) in [5.74, 6) is -1.98. The van der Waals surface area contributed by atoms with E-state index in [9.17, 15) is 13.6 Å². The summed E-state index contributed by atoms with van der Waals surface area (Å²) in [5, 5.41) is 2.80. The Hall–Kier alpha value is -2.44. The number of aromatic nitrogens is 2. The molecule has 0 radical (unpaired) electrons. The summed E-state index contributed by atoms with van der Waals surface area (Å²) >= 11 is 0. The van der Waals surface area contributed by atoms with Gasteiger partial charge in [0.2, 0.25) is 0 Å². The van der Waals surface area contributed by atoms with E-state index in [0.717, 1.165) is 24.9 Å². The van der Waals surface area contributed by atoms with Gasteiger partial charge >= 0.3 is 0 Å². The van der Waals surface area contributed by atoms with Crippen molar-refractivity contribution in [3.8, 4) is 0 Å². The number of hydrogen-bond donors (Lipinski definition) is 2. The van der Waals surface area contributed by atoms with E-state index in [1.807, 2.05) is 17.7 Å². The average Bonchev–Trinajstić information content (AvgIpc) is 2.85. The molecule has 2 aromatic rings. The van der Waals surface area contributed by atoms with Gasteiger partial charge in [-0.3, -0.25) is 4.79 Å². The molecular formula is C14H16F2N4O. The summed E-state index contributed by atoms with van der Waals surface area (Å²) in [6, 6.07) is 1.71. The van der Waals surface area contributed by atoms with Crippen LogP contribution in [0.1, 0.15) is 29.5 Å². The van der Waals surface area contributed by atoms with Gasteiger partial charge < -0.3 is 15.6 Å². The largest absolute Gasteiger partial charge is 0.375 e. The van der Waals surface area contributed by atoms with Gasteiger partial charge in [0, 0.05) is 25.0 Å². The molecule has 2 rings (SSSR count). The van der Waals surface area contributed by atoms with E-state index < -0.39 is 17.5 Å². The van der Waals surface area contributed by atoms with E-state index in [2.05, 4.69) is 10.3 Å². The quantitative estimate of drug-likeness (QED) is 0.858. The highest BCUT2D eigenvalue weighted by atomic mass is 19.1. The summed E-state index contributed by atoms with van der Waals surface area (Å²) < 4.78 is 29.0. The number of nitrogens with zero attached hydrogens (tertiary/aromatic N) is 2. The first-order chi connectivity index (χ1) is 10.0. The van der Waals surface area contributed by atoms with Crippen molar-refractivity contribution in [1.29, 1.82) is 0 Å². The molecule has 1 aromatic carbocycles. The highest BCUT2D eigenvalue weighted by molar-refractivity contribution is 5.94. The number of primary amides is 1. The molecule has 0 saturated heterocycles. The second-order valence-corrected chi connectivity index (χ2v) is 4.57. The second-order valence-electron chi connectivity index (χ2n) is 4.57. The molecule has 1 heterocycles. The first kappa shape index (κ1) is 15.0. The monoisotopic (exact) mass is 294 g/mol. The predicted octanol–water partition coefficient (Wildman–Crippen LogP) is 2.28. The van der Waals surface area contributed by atoms with Gasteiger partial charge in [-0.15, -0.1) is 0 Å². The minimum atomic E-state index is -0.974. The summed E-state index contributed by atoms with van der Waals surface area (Å²) in [4.78, 5) is 15.2. The Kier molecular flexibility index (Phi) is 4.52. The molecule has 0 spiro atoms. The molecule has 0 bridgehead atoms. The maximum absolute atomic E-state index is 13.7. The van der Waals surface area contributed by atoms with Crippen LogP contribution in [0.3, 0.4) is 0 Å². The van der Waals surface area contributed by atoms with Crippen molar-refractivity contribution < 1.29 is 13.6 Å². The number of carbonyl (C=O) groups excluding carboxylic acids is 1. The van der Waals surface area contributed by atoms with E-state index in [-0.39, 0.29) is 17.8 Å². The van der Waals surface area contributed by atoms with Crippen LogP contribution in [0.15, 0.2) is 24.5 Å². The molecule has 5 nitrogen and oxygen atoms in total. The fourth-order valence-corrected chi connectivity index (χ4v) is 2.00. The van der Waals surface area contributed by atoms with Gasteiger partial charge in [0.1, 0.15) is 17.5 Å². The maximum atomic E-state index is 13.7. The Labute approximate surface area is 120 Å². The van der Waals surface area contributed by atoms with E-state index in [4.69, 9.17) is 5.73 Å². The number of carbonyl (C=O) groups is 1.